The predicted molar refractivity (Wildman–Crippen MR) is 97.5 cm³/mol. The molecule has 1 aliphatic carbocycles. The van der Waals surface area contributed by atoms with Crippen LogP contribution < -0.4 is 14.3 Å². The Morgan fingerprint density at radius 3 is 2.88 bits per heavy atom. The number of benzene rings is 1. The van der Waals surface area contributed by atoms with Gasteiger partial charge in [0.15, 0.2) is 5.82 Å². The summed E-state index contributed by atoms with van der Waals surface area (Å²) in [5.74, 6) is 0.108. The number of aromatic hydroxyl groups is 1. The number of hydrogen-bond donors (Lipinski definition) is 3. The zero-order valence-electron chi connectivity index (χ0n) is 13.9. The lowest BCUT2D eigenvalue weighted by molar-refractivity contribution is -0.117. The predicted octanol–water partition coefficient (Wildman–Crippen LogP) is 2.97. The molecule has 7 heteroatoms. The van der Waals surface area contributed by atoms with Crippen molar-refractivity contribution in [1.29, 1.82) is 0 Å². The zero-order chi connectivity index (χ0) is 17.4. The maximum atomic E-state index is 15.0. The van der Waals surface area contributed by atoms with Gasteiger partial charge in [-0.05, 0) is 30.0 Å². The first-order chi connectivity index (χ1) is 12.1. The molecule has 0 bridgehead atoms. The fraction of sp³-hybridized carbons (Fsp3) is 0.500. The number of phenols is 1. The topological polar surface area (TPSA) is 64.6 Å². The van der Waals surface area contributed by atoms with Gasteiger partial charge in [0.25, 0.3) is 5.91 Å². The molecule has 1 aromatic carbocycles. The number of amides is 1. The summed E-state index contributed by atoms with van der Waals surface area (Å²) >= 11 is 1.00. The first-order valence-corrected chi connectivity index (χ1v) is 9.58. The molecular weight excluding hydrogens is 341 g/mol. The van der Waals surface area contributed by atoms with Crippen LogP contribution in [0.15, 0.2) is 18.2 Å². The lowest BCUT2D eigenvalue weighted by atomic mass is 10.0. The highest BCUT2D eigenvalue weighted by Gasteiger charge is 2.29. The average Bonchev–Trinajstić information content (AvgIpc) is 3.12. The molecule has 1 saturated carbocycles. The van der Waals surface area contributed by atoms with Crippen molar-refractivity contribution in [2.24, 2.45) is 5.92 Å². The van der Waals surface area contributed by atoms with Crippen molar-refractivity contribution in [3.05, 3.63) is 29.6 Å². The zero-order valence-corrected chi connectivity index (χ0v) is 14.7. The number of nitrogens with one attached hydrogen (secondary N) is 2. The second kappa shape index (κ2) is 6.88. The molecule has 0 aromatic heterocycles. The fourth-order valence-corrected chi connectivity index (χ4v) is 4.19. The van der Waals surface area contributed by atoms with Gasteiger partial charge in [0.2, 0.25) is 0 Å². The molecule has 0 unspecified atom stereocenters. The molecule has 134 valence electrons. The highest BCUT2D eigenvalue weighted by Crippen LogP contribution is 2.39. The standard InChI is InChI=1S/C18H22FN3O2S/c19-17-14(6-7-15(23)18(17)22-10-16(24)21-25-22)12-8-13(20-9-12)3-1-2-11-4-5-11/h6-8,11,13,20,23H,1-5,9-10H2,(H,21,24)/t13-/m0/s1. The van der Waals surface area contributed by atoms with Gasteiger partial charge in [0.05, 0.1) is 12.1 Å². The number of nitrogens with zero attached hydrogens (tertiary/aromatic N) is 1. The number of anilines is 1. The van der Waals surface area contributed by atoms with E-state index in [9.17, 15) is 9.90 Å². The highest BCUT2D eigenvalue weighted by molar-refractivity contribution is 7.99. The van der Waals surface area contributed by atoms with E-state index >= 15 is 4.39 Å². The summed E-state index contributed by atoms with van der Waals surface area (Å²) in [5.41, 5.74) is 1.47. The Hall–Kier alpha value is -1.73. The largest absolute Gasteiger partial charge is 0.506 e. The normalized spacial score (nSPS) is 23.1. The molecule has 5 nitrogen and oxygen atoms in total. The molecule has 3 N–H and O–H groups in total. The van der Waals surface area contributed by atoms with Gasteiger partial charge < -0.3 is 10.4 Å². The second-order valence-corrected chi connectivity index (χ2v) is 7.83. The molecule has 1 saturated heterocycles. The van der Waals surface area contributed by atoms with Crippen LogP contribution in [0.25, 0.3) is 5.57 Å². The lowest BCUT2D eigenvalue weighted by Gasteiger charge is -2.18. The number of carbonyl (C=O) groups excluding carboxylic acids is 1. The quantitative estimate of drug-likeness (QED) is 0.678. The summed E-state index contributed by atoms with van der Waals surface area (Å²) in [5, 5.41) is 13.5. The van der Waals surface area contributed by atoms with Crippen molar-refractivity contribution in [2.45, 2.75) is 38.1 Å². The molecule has 1 aromatic rings. The molecule has 0 radical (unpaired) electrons. The summed E-state index contributed by atoms with van der Waals surface area (Å²) in [6, 6.07) is 3.40. The van der Waals surface area contributed by atoms with Crippen LogP contribution in [-0.2, 0) is 4.79 Å². The van der Waals surface area contributed by atoms with Gasteiger partial charge in [0.1, 0.15) is 18.0 Å². The third-order valence-electron chi connectivity index (χ3n) is 5.03. The summed E-state index contributed by atoms with van der Waals surface area (Å²) in [6.07, 6.45) is 8.44. The maximum Gasteiger partial charge on any atom is 0.251 e. The van der Waals surface area contributed by atoms with Crippen molar-refractivity contribution >= 4 is 29.3 Å². The summed E-state index contributed by atoms with van der Waals surface area (Å²) in [7, 11) is 0. The number of phenolic OH excluding ortho intramolecular Hbond substituents is 1. The van der Waals surface area contributed by atoms with Crippen LogP contribution in [0.5, 0.6) is 5.75 Å². The van der Waals surface area contributed by atoms with Gasteiger partial charge in [-0.2, -0.15) is 0 Å². The molecule has 0 spiro atoms. The van der Waals surface area contributed by atoms with Crippen molar-refractivity contribution in [1.82, 2.24) is 10.0 Å². The first-order valence-electron chi connectivity index (χ1n) is 8.81. The third-order valence-corrected chi connectivity index (χ3v) is 5.88. The van der Waals surface area contributed by atoms with E-state index in [1.165, 1.54) is 36.1 Å². The van der Waals surface area contributed by atoms with Crippen LogP contribution in [0, 0.1) is 11.7 Å². The van der Waals surface area contributed by atoms with E-state index in [4.69, 9.17) is 0 Å². The second-order valence-electron chi connectivity index (χ2n) is 7.00. The summed E-state index contributed by atoms with van der Waals surface area (Å²) < 4.78 is 19.0. The highest BCUT2D eigenvalue weighted by atomic mass is 32.2. The van der Waals surface area contributed by atoms with Crippen LogP contribution in [-0.4, -0.2) is 30.1 Å². The van der Waals surface area contributed by atoms with Gasteiger partial charge in [-0.25, -0.2) is 4.39 Å². The minimum Gasteiger partial charge on any atom is -0.506 e. The summed E-state index contributed by atoms with van der Waals surface area (Å²) in [6.45, 7) is 0.652. The van der Waals surface area contributed by atoms with Crippen LogP contribution in [0.2, 0.25) is 0 Å². The van der Waals surface area contributed by atoms with Gasteiger partial charge in [-0.1, -0.05) is 31.8 Å². The van der Waals surface area contributed by atoms with Crippen LogP contribution in [0.4, 0.5) is 10.1 Å². The molecule has 2 aliphatic heterocycles. The SMILES string of the molecule is O=C1CN(c2c(O)ccc(C3=C[C@H](CCCC4CC4)NC3)c2F)SN1. The van der Waals surface area contributed by atoms with Gasteiger partial charge in [-0.3, -0.25) is 13.8 Å². The van der Waals surface area contributed by atoms with Crippen molar-refractivity contribution in [3.8, 4) is 5.75 Å². The van der Waals surface area contributed by atoms with Crippen molar-refractivity contribution in [2.75, 3.05) is 17.4 Å². The average molecular weight is 363 g/mol. The molecule has 1 amide bonds. The molecule has 2 fully saturated rings. The third kappa shape index (κ3) is 3.62. The lowest BCUT2D eigenvalue weighted by Crippen LogP contribution is -2.22. The van der Waals surface area contributed by atoms with Crippen LogP contribution >= 0.6 is 12.1 Å². The van der Waals surface area contributed by atoms with Crippen LogP contribution in [0.3, 0.4) is 0 Å². The minimum absolute atomic E-state index is 0.0275. The molecule has 2 heterocycles. The van der Waals surface area contributed by atoms with E-state index in [0.717, 1.165) is 30.0 Å². The number of hydrogen-bond acceptors (Lipinski definition) is 5. The molecule has 4 rings (SSSR count). The van der Waals surface area contributed by atoms with E-state index in [1.807, 2.05) is 0 Å². The van der Waals surface area contributed by atoms with Crippen LogP contribution in [0.1, 0.15) is 37.7 Å². The summed E-state index contributed by atoms with van der Waals surface area (Å²) in [4.78, 5) is 11.4. The van der Waals surface area contributed by atoms with Gasteiger partial charge in [0, 0.05) is 18.2 Å². The van der Waals surface area contributed by atoms with E-state index in [1.54, 1.807) is 6.07 Å². The first kappa shape index (κ1) is 16.7. The van der Waals surface area contributed by atoms with Crippen molar-refractivity contribution < 1.29 is 14.3 Å². The van der Waals surface area contributed by atoms with E-state index in [-0.39, 0.29) is 29.9 Å². The smallest absolute Gasteiger partial charge is 0.251 e. The Balaban J connectivity index is 1.50. The molecule has 25 heavy (non-hydrogen) atoms. The number of carbonyl (C=O) groups is 1. The molecule has 1 atom stereocenters. The Morgan fingerprint density at radius 2 is 2.16 bits per heavy atom. The molecule has 3 aliphatic rings. The Bertz CT molecular complexity index is 721. The fourth-order valence-electron chi connectivity index (χ4n) is 3.47. The minimum atomic E-state index is -0.476. The Kier molecular flexibility index (Phi) is 4.60. The maximum absolute atomic E-state index is 15.0. The van der Waals surface area contributed by atoms with Crippen molar-refractivity contribution in [3.63, 3.8) is 0 Å². The van der Waals surface area contributed by atoms with E-state index < -0.39 is 5.82 Å². The Morgan fingerprint density at radius 1 is 1.32 bits per heavy atom. The number of halogens is 1. The van der Waals surface area contributed by atoms with Gasteiger partial charge in [-0.15, -0.1) is 0 Å². The number of rotatable bonds is 6. The Labute approximate surface area is 150 Å². The van der Waals surface area contributed by atoms with E-state index in [2.05, 4.69) is 16.1 Å². The monoisotopic (exact) mass is 363 g/mol. The van der Waals surface area contributed by atoms with Gasteiger partial charge >= 0.3 is 0 Å². The molecular formula is C18H22FN3O2S. The van der Waals surface area contributed by atoms with E-state index in [0.29, 0.717) is 12.1 Å².